The monoisotopic (exact) mass is 338 g/mol. The lowest BCUT2D eigenvalue weighted by atomic mass is 10.2. The molecule has 1 fully saturated rings. The average Bonchev–Trinajstić information content (AvgIpc) is 3.26. The summed E-state index contributed by atoms with van der Waals surface area (Å²) in [6.07, 6.45) is 2.23. The predicted molar refractivity (Wildman–Crippen MR) is 92.2 cm³/mol. The fourth-order valence-corrected chi connectivity index (χ4v) is 2.66. The number of rotatable bonds is 4. The predicted octanol–water partition coefficient (Wildman–Crippen LogP) is 2.66. The summed E-state index contributed by atoms with van der Waals surface area (Å²) >= 11 is 0. The molecule has 0 saturated heterocycles. The van der Waals surface area contributed by atoms with Crippen LogP contribution in [-0.4, -0.2) is 36.4 Å². The first-order chi connectivity index (χ1) is 12.1. The molecule has 3 N–H and O–H groups in total. The van der Waals surface area contributed by atoms with Gasteiger partial charge in [0.25, 0.3) is 0 Å². The van der Waals surface area contributed by atoms with E-state index in [1.165, 1.54) is 0 Å². The van der Waals surface area contributed by atoms with E-state index in [9.17, 15) is 4.79 Å². The Bertz CT molecular complexity index is 887. The maximum absolute atomic E-state index is 12.1. The van der Waals surface area contributed by atoms with E-state index >= 15 is 0 Å². The number of hydrogen-bond acceptors (Lipinski definition) is 5. The first-order valence-electron chi connectivity index (χ1n) is 8.09. The van der Waals surface area contributed by atoms with Crippen LogP contribution in [0.25, 0.3) is 11.4 Å². The molecule has 1 aliphatic carbocycles. The molecule has 9 nitrogen and oxygen atoms in total. The van der Waals surface area contributed by atoms with E-state index in [0.29, 0.717) is 17.4 Å². The highest BCUT2D eigenvalue weighted by Gasteiger charge is 2.28. The minimum absolute atomic E-state index is 0.317. The molecule has 25 heavy (non-hydrogen) atoms. The van der Waals surface area contributed by atoms with Crippen LogP contribution in [0.2, 0.25) is 0 Å². The van der Waals surface area contributed by atoms with E-state index in [4.69, 9.17) is 0 Å². The lowest BCUT2D eigenvalue weighted by Crippen LogP contribution is -2.20. The second kappa shape index (κ2) is 6.00. The Balaban J connectivity index is 1.45. The molecular formula is C16H18N8O. The highest BCUT2D eigenvalue weighted by Crippen LogP contribution is 2.36. The Morgan fingerprint density at radius 2 is 1.96 bits per heavy atom. The molecule has 2 amide bonds. The van der Waals surface area contributed by atoms with E-state index < -0.39 is 0 Å². The van der Waals surface area contributed by atoms with Crippen molar-refractivity contribution in [3.63, 3.8) is 0 Å². The molecule has 4 rings (SSSR count). The van der Waals surface area contributed by atoms with E-state index in [1.54, 1.807) is 0 Å². The maximum Gasteiger partial charge on any atom is 0.323 e. The number of tetrazole rings is 1. The van der Waals surface area contributed by atoms with Gasteiger partial charge in [-0.3, -0.25) is 5.10 Å². The molecule has 0 radical (unpaired) electrons. The normalized spacial score (nSPS) is 13.7. The van der Waals surface area contributed by atoms with Gasteiger partial charge >= 0.3 is 6.03 Å². The molecule has 0 spiro atoms. The van der Waals surface area contributed by atoms with Crippen LogP contribution in [0.1, 0.15) is 30.3 Å². The molecule has 0 atom stereocenters. The van der Waals surface area contributed by atoms with Gasteiger partial charge in [-0.05, 0) is 61.4 Å². The molecule has 128 valence electrons. The summed E-state index contributed by atoms with van der Waals surface area (Å²) in [5.41, 5.74) is 3.86. The van der Waals surface area contributed by atoms with E-state index in [0.717, 1.165) is 35.6 Å². The minimum atomic E-state index is -0.317. The van der Waals surface area contributed by atoms with Crippen molar-refractivity contribution in [3.8, 4) is 11.4 Å². The Labute approximate surface area is 143 Å². The SMILES string of the molecule is Cc1n[nH]c(C)c1NC(=O)Nc1ccc(-c2nnnn2C2CC2)cc1. The van der Waals surface area contributed by atoms with Crippen LogP contribution in [0.5, 0.6) is 0 Å². The van der Waals surface area contributed by atoms with Gasteiger partial charge in [-0.15, -0.1) is 5.10 Å². The van der Waals surface area contributed by atoms with Crippen LogP contribution in [0.15, 0.2) is 24.3 Å². The molecule has 2 aromatic heterocycles. The first kappa shape index (κ1) is 15.3. The van der Waals surface area contributed by atoms with E-state index in [1.807, 2.05) is 42.8 Å². The van der Waals surface area contributed by atoms with Crippen molar-refractivity contribution in [2.75, 3.05) is 10.6 Å². The molecule has 0 aliphatic heterocycles. The van der Waals surface area contributed by atoms with Gasteiger partial charge in [-0.25, -0.2) is 9.48 Å². The van der Waals surface area contributed by atoms with Gasteiger partial charge in [0.15, 0.2) is 5.82 Å². The molecule has 1 saturated carbocycles. The number of urea groups is 1. The standard InChI is InChI=1S/C16H18N8O/c1-9-14(10(2)20-19-9)18-16(25)17-12-5-3-11(4-6-12)15-21-22-23-24(15)13-7-8-13/h3-6,13H,7-8H2,1-2H3,(H,19,20)(H2,17,18,25). The number of aromatic amines is 1. The largest absolute Gasteiger partial charge is 0.323 e. The molecule has 1 aliphatic rings. The maximum atomic E-state index is 12.1. The zero-order valence-electron chi connectivity index (χ0n) is 13.9. The number of anilines is 2. The average molecular weight is 338 g/mol. The summed E-state index contributed by atoms with van der Waals surface area (Å²) in [5, 5.41) is 24.4. The smallest absolute Gasteiger partial charge is 0.308 e. The van der Waals surface area contributed by atoms with Crippen LogP contribution in [-0.2, 0) is 0 Å². The number of hydrogen-bond donors (Lipinski definition) is 3. The van der Waals surface area contributed by atoms with Gasteiger partial charge in [-0.1, -0.05) is 0 Å². The highest BCUT2D eigenvalue weighted by atomic mass is 16.2. The van der Waals surface area contributed by atoms with Gasteiger partial charge in [0.2, 0.25) is 0 Å². The van der Waals surface area contributed by atoms with Crippen molar-refractivity contribution >= 4 is 17.4 Å². The van der Waals surface area contributed by atoms with Crippen molar-refractivity contribution in [3.05, 3.63) is 35.7 Å². The molecule has 1 aromatic carbocycles. The Morgan fingerprint density at radius 3 is 2.60 bits per heavy atom. The quantitative estimate of drug-likeness (QED) is 0.677. The summed E-state index contributed by atoms with van der Waals surface area (Å²) in [4.78, 5) is 12.1. The fourth-order valence-electron chi connectivity index (χ4n) is 2.66. The third-order valence-corrected chi connectivity index (χ3v) is 4.15. The van der Waals surface area contributed by atoms with Crippen LogP contribution >= 0.6 is 0 Å². The lowest BCUT2D eigenvalue weighted by Gasteiger charge is -2.08. The van der Waals surface area contributed by atoms with Crippen molar-refractivity contribution < 1.29 is 4.79 Å². The zero-order valence-corrected chi connectivity index (χ0v) is 13.9. The number of amides is 2. The van der Waals surface area contributed by atoms with Gasteiger partial charge in [0.1, 0.15) is 0 Å². The molecule has 0 bridgehead atoms. The van der Waals surface area contributed by atoms with Crippen LogP contribution < -0.4 is 10.6 Å². The van der Waals surface area contributed by atoms with Crippen molar-refractivity contribution in [1.82, 2.24) is 30.4 Å². The molecule has 0 unspecified atom stereocenters. The summed E-state index contributed by atoms with van der Waals surface area (Å²) in [7, 11) is 0. The number of aromatic nitrogens is 6. The molecule has 3 aromatic rings. The topological polar surface area (TPSA) is 113 Å². The van der Waals surface area contributed by atoms with Crippen molar-refractivity contribution in [1.29, 1.82) is 0 Å². The second-order valence-electron chi connectivity index (χ2n) is 6.14. The number of nitrogens with zero attached hydrogens (tertiary/aromatic N) is 5. The van der Waals surface area contributed by atoms with Crippen LogP contribution in [0.3, 0.4) is 0 Å². The third-order valence-electron chi connectivity index (χ3n) is 4.15. The number of carbonyl (C=O) groups excluding carboxylic acids is 1. The summed E-state index contributed by atoms with van der Waals surface area (Å²) in [6, 6.07) is 7.55. The number of benzene rings is 1. The molecule has 2 heterocycles. The van der Waals surface area contributed by atoms with Crippen molar-refractivity contribution in [2.24, 2.45) is 0 Å². The Hall–Kier alpha value is -3.23. The second-order valence-corrected chi connectivity index (χ2v) is 6.14. The lowest BCUT2D eigenvalue weighted by molar-refractivity contribution is 0.262. The van der Waals surface area contributed by atoms with Crippen molar-refractivity contribution in [2.45, 2.75) is 32.7 Å². The summed E-state index contributed by atoms with van der Waals surface area (Å²) < 4.78 is 1.86. The molecular weight excluding hydrogens is 320 g/mol. The van der Waals surface area contributed by atoms with E-state index in [2.05, 4.69) is 36.4 Å². The van der Waals surface area contributed by atoms with Gasteiger partial charge in [0, 0.05) is 11.3 Å². The van der Waals surface area contributed by atoms with E-state index in [-0.39, 0.29) is 6.03 Å². The summed E-state index contributed by atoms with van der Waals surface area (Å²) in [6.45, 7) is 3.69. The number of carbonyl (C=O) groups is 1. The Morgan fingerprint density at radius 1 is 1.20 bits per heavy atom. The van der Waals surface area contributed by atoms with Gasteiger partial charge in [-0.2, -0.15) is 5.10 Å². The molecule has 9 heteroatoms. The number of aryl methyl sites for hydroxylation is 2. The van der Waals surface area contributed by atoms with Gasteiger partial charge in [0.05, 0.1) is 23.1 Å². The first-order valence-corrected chi connectivity index (χ1v) is 8.09. The summed E-state index contributed by atoms with van der Waals surface area (Å²) in [5.74, 6) is 0.753. The number of H-pyrrole nitrogens is 1. The number of nitrogens with one attached hydrogen (secondary N) is 3. The minimum Gasteiger partial charge on any atom is -0.308 e. The Kier molecular flexibility index (Phi) is 3.68. The van der Waals surface area contributed by atoms with Crippen LogP contribution in [0.4, 0.5) is 16.2 Å². The third kappa shape index (κ3) is 3.08. The zero-order chi connectivity index (χ0) is 17.4. The fraction of sp³-hybridized carbons (Fsp3) is 0.312. The van der Waals surface area contributed by atoms with Crippen LogP contribution in [0, 0.1) is 13.8 Å². The highest BCUT2D eigenvalue weighted by molar-refractivity contribution is 6.00. The van der Waals surface area contributed by atoms with Gasteiger partial charge < -0.3 is 10.6 Å².